The Morgan fingerprint density at radius 1 is 1.69 bits per heavy atom. The Kier molecular flexibility index (Phi) is 2.85. The highest BCUT2D eigenvalue weighted by Crippen LogP contribution is 2.33. The summed E-state index contributed by atoms with van der Waals surface area (Å²) in [5.74, 6) is -5.25. The van der Waals surface area contributed by atoms with Gasteiger partial charge in [-0.25, -0.2) is 4.79 Å². The van der Waals surface area contributed by atoms with E-state index in [2.05, 4.69) is 5.32 Å². The Morgan fingerprint density at radius 3 is 2.69 bits per heavy atom. The maximum absolute atomic E-state index is 12.5. The van der Waals surface area contributed by atoms with Crippen LogP contribution in [0.15, 0.2) is 0 Å². The molecule has 0 saturated heterocycles. The zero-order chi connectivity index (χ0) is 10.1. The first kappa shape index (κ1) is 10.4. The van der Waals surface area contributed by atoms with E-state index in [1.165, 1.54) is 0 Å². The fraction of sp³-hybridized carbons (Fsp3) is 0.875. The number of nitrogens with one attached hydrogen (secondary N) is 1. The molecule has 76 valence electrons. The van der Waals surface area contributed by atoms with Crippen LogP contribution >= 0.6 is 0 Å². The Balaban J connectivity index is 2.23. The molecule has 0 aromatic rings. The molecule has 0 amide bonds. The molecule has 0 aliphatic heterocycles. The van der Waals surface area contributed by atoms with Gasteiger partial charge in [0.05, 0.1) is 6.54 Å². The van der Waals surface area contributed by atoms with E-state index in [0.29, 0.717) is 5.92 Å². The van der Waals surface area contributed by atoms with E-state index in [1.54, 1.807) is 0 Å². The molecule has 3 nitrogen and oxygen atoms in total. The first-order valence-electron chi connectivity index (χ1n) is 4.32. The van der Waals surface area contributed by atoms with Crippen LogP contribution in [0.5, 0.6) is 0 Å². The summed E-state index contributed by atoms with van der Waals surface area (Å²) in [5, 5.41) is 10.7. The molecule has 1 aliphatic carbocycles. The van der Waals surface area contributed by atoms with Crippen LogP contribution in [0.4, 0.5) is 8.78 Å². The average molecular weight is 193 g/mol. The molecule has 1 rings (SSSR count). The summed E-state index contributed by atoms with van der Waals surface area (Å²) < 4.78 is 25.0. The molecule has 1 saturated carbocycles. The molecule has 1 aliphatic rings. The molecule has 0 aromatic carbocycles. The van der Waals surface area contributed by atoms with Crippen LogP contribution in [0.1, 0.15) is 19.8 Å². The molecule has 0 radical (unpaired) electrons. The van der Waals surface area contributed by atoms with Crippen LogP contribution < -0.4 is 5.32 Å². The standard InChI is InChI=1S/C8H13F2NO2/c1-2-5-3-6(5)11-4-8(9,10)7(12)13/h5-6,11H,2-4H2,1H3,(H,12,13). The highest BCUT2D eigenvalue weighted by Gasteiger charge is 2.42. The molecule has 0 aromatic heterocycles. The predicted molar refractivity (Wildman–Crippen MR) is 42.8 cm³/mol. The van der Waals surface area contributed by atoms with Gasteiger partial charge < -0.3 is 10.4 Å². The van der Waals surface area contributed by atoms with Crippen molar-refractivity contribution in [1.29, 1.82) is 0 Å². The predicted octanol–water partition coefficient (Wildman–Crippen LogP) is 1.09. The van der Waals surface area contributed by atoms with E-state index >= 15 is 0 Å². The van der Waals surface area contributed by atoms with Crippen LogP contribution in [0, 0.1) is 5.92 Å². The quantitative estimate of drug-likeness (QED) is 0.687. The van der Waals surface area contributed by atoms with Crippen molar-refractivity contribution in [3.8, 4) is 0 Å². The number of hydrogen-bond acceptors (Lipinski definition) is 2. The van der Waals surface area contributed by atoms with Gasteiger partial charge in [-0.15, -0.1) is 0 Å². The molecule has 0 spiro atoms. The zero-order valence-corrected chi connectivity index (χ0v) is 7.39. The SMILES string of the molecule is CCC1CC1NCC(F)(F)C(=O)O. The van der Waals surface area contributed by atoms with Gasteiger partial charge in [0.25, 0.3) is 0 Å². The maximum Gasteiger partial charge on any atom is 0.375 e. The zero-order valence-electron chi connectivity index (χ0n) is 7.39. The van der Waals surface area contributed by atoms with Crippen LogP contribution in [-0.4, -0.2) is 29.6 Å². The van der Waals surface area contributed by atoms with E-state index in [9.17, 15) is 13.6 Å². The lowest BCUT2D eigenvalue weighted by Gasteiger charge is -2.11. The minimum absolute atomic E-state index is 0.0928. The van der Waals surface area contributed by atoms with Crippen molar-refractivity contribution in [2.45, 2.75) is 31.7 Å². The van der Waals surface area contributed by atoms with E-state index in [0.717, 1.165) is 12.8 Å². The number of carboxylic acids is 1. The molecule has 5 heteroatoms. The molecule has 0 heterocycles. The highest BCUT2D eigenvalue weighted by atomic mass is 19.3. The molecule has 0 bridgehead atoms. The summed E-state index contributed by atoms with van der Waals surface area (Å²) in [7, 11) is 0. The van der Waals surface area contributed by atoms with Crippen molar-refractivity contribution < 1.29 is 18.7 Å². The van der Waals surface area contributed by atoms with Gasteiger partial charge in [-0.2, -0.15) is 8.78 Å². The lowest BCUT2D eigenvalue weighted by molar-refractivity contribution is -0.164. The summed E-state index contributed by atoms with van der Waals surface area (Å²) in [5.41, 5.74) is 0. The molecule has 2 unspecified atom stereocenters. The highest BCUT2D eigenvalue weighted by molar-refractivity contribution is 5.75. The second kappa shape index (κ2) is 3.57. The number of hydrogen-bond donors (Lipinski definition) is 2. The van der Waals surface area contributed by atoms with E-state index in [1.807, 2.05) is 6.92 Å². The fourth-order valence-corrected chi connectivity index (χ4v) is 1.28. The largest absolute Gasteiger partial charge is 0.477 e. The summed E-state index contributed by atoms with van der Waals surface area (Å²) in [6.45, 7) is 1.23. The average Bonchev–Trinajstić information content (AvgIpc) is 2.79. The third-order valence-electron chi connectivity index (χ3n) is 2.35. The Hall–Kier alpha value is -0.710. The maximum atomic E-state index is 12.5. The minimum Gasteiger partial charge on any atom is -0.477 e. The summed E-state index contributed by atoms with van der Waals surface area (Å²) >= 11 is 0. The van der Waals surface area contributed by atoms with E-state index < -0.39 is 18.4 Å². The normalized spacial score (nSPS) is 27.3. The number of carboxylic acid groups (broad SMARTS) is 1. The van der Waals surface area contributed by atoms with Gasteiger partial charge in [0.1, 0.15) is 0 Å². The number of carbonyl (C=O) groups is 1. The van der Waals surface area contributed by atoms with Crippen LogP contribution in [0.2, 0.25) is 0 Å². The summed E-state index contributed by atoms with van der Waals surface area (Å²) in [6, 6.07) is 0.0928. The summed E-state index contributed by atoms with van der Waals surface area (Å²) in [4.78, 5) is 10.0. The van der Waals surface area contributed by atoms with Crippen LogP contribution in [0.3, 0.4) is 0 Å². The van der Waals surface area contributed by atoms with Gasteiger partial charge in [0.2, 0.25) is 0 Å². The fourth-order valence-electron chi connectivity index (χ4n) is 1.28. The third kappa shape index (κ3) is 2.62. The van der Waals surface area contributed by atoms with Gasteiger partial charge in [0.15, 0.2) is 0 Å². The monoisotopic (exact) mass is 193 g/mol. The number of alkyl halides is 2. The Morgan fingerprint density at radius 2 is 2.31 bits per heavy atom. The van der Waals surface area contributed by atoms with Crippen molar-refractivity contribution in [2.24, 2.45) is 5.92 Å². The molecular formula is C8H13F2NO2. The van der Waals surface area contributed by atoms with Gasteiger partial charge in [-0.1, -0.05) is 13.3 Å². The van der Waals surface area contributed by atoms with E-state index in [-0.39, 0.29) is 6.04 Å². The molecular weight excluding hydrogens is 180 g/mol. The Labute approximate surface area is 75.1 Å². The Bertz CT molecular complexity index is 208. The summed E-state index contributed by atoms with van der Waals surface area (Å²) in [6.07, 6.45) is 1.84. The number of halogens is 2. The number of aliphatic carboxylic acids is 1. The van der Waals surface area contributed by atoms with Gasteiger partial charge in [0, 0.05) is 6.04 Å². The van der Waals surface area contributed by atoms with Crippen molar-refractivity contribution in [2.75, 3.05) is 6.54 Å². The molecule has 2 atom stereocenters. The van der Waals surface area contributed by atoms with Crippen molar-refractivity contribution in [3.05, 3.63) is 0 Å². The van der Waals surface area contributed by atoms with Crippen molar-refractivity contribution in [1.82, 2.24) is 5.32 Å². The smallest absolute Gasteiger partial charge is 0.375 e. The van der Waals surface area contributed by atoms with Crippen LogP contribution in [-0.2, 0) is 4.79 Å². The van der Waals surface area contributed by atoms with Gasteiger partial charge >= 0.3 is 11.9 Å². The first-order chi connectivity index (χ1) is 5.97. The number of rotatable bonds is 5. The second-order valence-electron chi connectivity index (χ2n) is 3.40. The molecule has 13 heavy (non-hydrogen) atoms. The van der Waals surface area contributed by atoms with Gasteiger partial charge in [-0.05, 0) is 12.3 Å². The van der Waals surface area contributed by atoms with Crippen molar-refractivity contribution >= 4 is 5.97 Å². The van der Waals surface area contributed by atoms with E-state index in [4.69, 9.17) is 5.11 Å². The minimum atomic E-state index is -3.64. The van der Waals surface area contributed by atoms with Gasteiger partial charge in [-0.3, -0.25) is 0 Å². The second-order valence-corrected chi connectivity index (χ2v) is 3.40. The van der Waals surface area contributed by atoms with Crippen molar-refractivity contribution in [3.63, 3.8) is 0 Å². The third-order valence-corrected chi connectivity index (χ3v) is 2.35. The lowest BCUT2D eigenvalue weighted by atomic mass is 10.3. The first-order valence-corrected chi connectivity index (χ1v) is 4.32. The topological polar surface area (TPSA) is 49.3 Å². The van der Waals surface area contributed by atoms with Crippen LogP contribution in [0.25, 0.3) is 0 Å². The lowest BCUT2D eigenvalue weighted by Crippen LogP contribution is -2.40. The molecule has 2 N–H and O–H groups in total. The molecule has 1 fully saturated rings.